The van der Waals surface area contributed by atoms with E-state index in [1.165, 1.54) is 3.70 Å². The number of imidazole rings is 2. The van der Waals surface area contributed by atoms with Gasteiger partial charge in [0.15, 0.2) is 11.6 Å². The van der Waals surface area contributed by atoms with Crippen LogP contribution in [0.1, 0.15) is 94.2 Å². The summed E-state index contributed by atoms with van der Waals surface area (Å²) in [6.07, 6.45) is 8.35. The highest BCUT2D eigenvalue weighted by molar-refractivity contribution is 15.0. The largest absolute Gasteiger partial charge is 0.307 e. The molecule has 10 rings (SSSR count). The molecule has 4 atom stereocenters. The Bertz CT molecular complexity index is 2640. The second-order valence-electron chi connectivity index (χ2n) is 13.9. The van der Waals surface area contributed by atoms with E-state index in [9.17, 15) is 0 Å². The summed E-state index contributed by atoms with van der Waals surface area (Å²) in [5.74, 6) is 7.79. The van der Waals surface area contributed by atoms with E-state index in [1.807, 2.05) is 96.3 Å². The molecule has 2 fully saturated rings. The van der Waals surface area contributed by atoms with Gasteiger partial charge in [-0.2, -0.15) is 9.36 Å². The number of halogens is 3. The van der Waals surface area contributed by atoms with Crippen LogP contribution in [-0.4, -0.2) is 68.2 Å². The SMILES string of the molecule is Cc1nc(C2C[C@H]2c2cn3ccccc3n2)cc(-n2nc(C)nc2C)n1.Cc1nc(C2C[C@H]2c2nc3ccccn3c2I)cc(-n2nc(C)nc2C)n1.II. The third-order valence-corrected chi connectivity index (χ3v) is 10.9. The maximum Gasteiger partial charge on any atom is 0.159 e. The molecule has 0 bridgehead atoms. The third kappa shape index (κ3) is 7.74. The van der Waals surface area contributed by atoms with Crippen molar-refractivity contribution in [2.24, 2.45) is 0 Å². The Balaban J connectivity index is 0.000000149. The van der Waals surface area contributed by atoms with Crippen molar-refractivity contribution >= 4 is 71.1 Å². The van der Waals surface area contributed by atoms with Crippen molar-refractivity contribution in [2.45, 2.75) is 78.1 Å². The van der Waals surface area contributed by atoms with Crippen LogP contribution in [-0.2, 0) is 0 Å². The lowest BCUT2D eigenvalue weighted by Gasteiger charge is -2.06. The molecule has 0 N–H and O–H groups in total. The fourth-order valence-corrected chi connectivity index (χ4v) is 8.18. The molecule has 0 saturated heterocycles. The van der Waals surface area contributed by atoms with E-state index in [0.717, 1.165) is 93.5 Å². The maximum atomic E-state index is 4.85. The van der Waals surface area contributed by atoms with Gasteiger partial charge in [0.1, 0.15) is 49.9 Å². The molecule has 8 aromatic heterocycles. The van der Waals surface area contributed by atoms with Gasteiger partial charge >= 0.3 is 0 Å². The van der Waals surface area contributed by atoms with Crippen LogP contribution in [0.25, 0.3) is 22.9 Å². The van der Waals surface area contributed by atoms with E-state index >= 15 is 0 Å². The molecule has 0 amide bonds. The van der Waals surface area contributed by atoms with Crippen LogP contribution < -0.4 is 0 Å². The summed E-state index contributed by atoms with van der Waals surface area (Å²) in [6.45, 7) is 11.5. The molecule has 0 aliphatic heterocycles. The zero-order valence-corrected chi connectivity index (χ0v) is 37.4. The topological polar surface area (TPSA) is 148 Å². The summed E-state index contributed by atoms with van der Waals surface area (Å²) < 4.78 is 8.98. The summed E-state index contributed by atoms with van der Waals surface area (Å²) in [6, 6.07) is 16.2. The second kappa shape index (κ2) is 15.5. The van der Waals surface area contributed by atoms with Gasteiger partial charge in [-0.1, -0.05) is 12.1 Å². The Morgan fingerprint density at radius 2 is 1.07 bits per heavy atom. The van der Waals surface area contributed by atoms with E-state index in [0.29, 0.717) is 23.7 Å². The molecule has 0 radical (unpaired) electrons. The molecule has 2 unspecified atom stereocenters. The number of pyridine rings is 2. The number of aromatic nitrogens is 14. The summed E-state index contributed by atoms with van der Waals surface area (Å²) in [5.41, 5.74) is 6.39. The predicted molar refractivity (Wildman–Crippen MR) is 234 cm³/mol. The molecule has 2 aliphatic carbocycles. The van der Waals surface area contributed by atoms with Crippen molar-refractivity contribution in [3.05, 3.63) is 129 Å². The van der Waals surface area contributed by atoms with Crippen molar-refractivity contribution in [3.8, 4) is 11.6 Å². The molecule has 0 aromatic carbocycles. The average Bonchev–Trinajstić information content (AvgIpc) is 3.99. The van der Waals surface area contributed by atoms with E-state index in [1.54, 1.807) is 9.36 Å². The lowest BCUT2D eigenvalue weighted by Crippen LogP contribution is -2.06. The fourth-order valence-electron chi connectivity index (χ4n) is 7.25. The molecular weight excluding hydrogens is 1030 g/mol. The van der Waals surface area contributed by atoms with Gasteiger partial charge in [0.05, 0.1) is 22.8 Å². The summed E-state index contributed by atoms with van der Waals surface area (Å²) in [5, 5.41) is 8.91. The first-order chi connectivity index (χ1) is 26.6. The highest BCUT2D eigenvalue weighted by atomic mass is 128. The van der Waals surface area contributed by atoms with Crippen LogP contribution in [0, 0.1) is 45.2 Å². The second-order valence-corrected chi connectivity index (χ2v) is 14.9. The van der Waals surface area contributed by atoms with E-state index in [2.05, 4.69) is 116 Å². The quantitative estimate of drug-likeness (QED) is 0.150. The molecule has 17 heteroatoms. The summed E-state index contributed by atoms with van der Waals surface area (Å²) >= 11 is 6.63. The standard InChI is InChI=1S/C19H18IN7.C19H19N7.I2/c1-10-22-15(9-17(23-10)27-12(3)21-11(2)25-27)13-8-14(13)18-19(20)26-7-5-4-6-16(26)24-18;1-11-21-16(9-19(22-11)26-13(3)20-12(2)24-26)14-8-15(14)17-10-25-7-5-4-6-18(25)23-17;1-2/h4-7,9,13-14H,8H2,1-3H3;4-7,9-10,14-15H,8H2,1-3H3;/t13?,14-;14?,15-;/m11./s1. The predicted octanol–water partition coefficient (Wildman–Crippen LogP) is 8.18. The van der Waals surface area contributed by atoms with Gasteiger partial charge in [0.2, 0.25) is 0 Å². The lowest BCUT2D eigenvalue weighted by atomic mass is 10.2. The van der Waals surface area contributed by atoms with Gasteiger partial charge in [-0.05, 0) is 101 Å². The van der Waals surface area contributed by atoms with E-state index < -0.39 is 0 Å². The van der Waals surface area contributed by atoms with Crippen molar-refractivity contribution in [1.82, 2.24) is 68.2 Å². The maximum absolute atomic E-state index is 4.85. The first-order valence-electron chi connectivity index (χ1n) is 17.8. The Hall–Kier alpha value is -3.99. The Labute approximate surface area is 354 Å². The number of aryl methyl sites for hydroxylation is 6. The summed E-state index contributed by atoms with van der Waals surface area (Å²) in [4.78, 5) is 36.9. The molecule has 14 nitrogen and oxygen atoms in total. The average molecular weight is 1070 g/mol. The zero-order valence-electron chi connectivity index (χ0n) is 31.0. The number of rotatable bonds is 6. The minimum absolute atomic E-state index is 0.369. The molecule has 280 valence electrons. The smallest absolute Gasteiger partial charge is 0.159 e. The zero-order chi connectivity index (χ0) is 38.5. The lowest BCUT2D eigenvalue weighted by molar-refractivity contribution is 0.777. The molecule has 8 aromatic rings. The van der Waals surface area contributed by atoms with Gasteiger partial charge in [-0.25, -0.2) is 39.9 Å². The van der Waals surface area contributed by atoms with Crippen LogP contribution in [0.2, 0.25) is 0 Å². The van der Waals surface area contributed by atoms with Crippen LogP contribution in [0.4, 0.5) is 0 Å². The van der Waals surface area contributed by atoms with Gasteiger partial charge < -0.3 is 4.40 Å². The Morgan fingerprint density at radius 1 is 0.545 bits per heavy atom. The van der Waals surface area contributed by atoms with E-state index in [-0.39, 0.29) is 0 Å². The first kappa shape index (κ1) is 37.9. The normalized spacial score (nSPS) is 18.5. The van der Waals surface area contributed by atoms with E-state index in [4.69, 9.17) is 15.0 Å². The van der Waals surface area contributed by atoms with Crippen molar-refractivity contribution in [2.75, 3.05) is 0 Å². The summed E-state index contributed by atoms with van der Waals surface area (Å²) in [7, 11) is 0. The van der Waals surface area contributed by atoms with Crippen molar-refractivity contribution < 1.29 is 0 Å². The van der Waals surface area contributed by atoms with Gasteiger partial charge in [0.25, 0.3) is 0 Å². The molecule has 8 heterocycles. The third-order valence-electron chi connectivity index (χ3n) is 9.82. The van der Waals surface area contributed by atoms with Gasteiger partial charge in [0, 0.05) is 91.6 Å². The van der Waals surface area contributed by atoms with Crippen LogP contribution >= 0.6 is 59.8 Å². The molecule has 55 heavy (non-hydrogen) atoms. The van der Waals surface area contributed by atoms with Crippen LogP contribution in [0.15, 0.2) is 67.1 Å². The van der Waals surface area contributed by atoms with Gasteiger partial charge in [-0.3, -0.25) is 4.40 Å². The van der Waals surface area contributed by atoms with Gasteiger partial charge in [-0.15, -0.1) is 10.2 Å². The van der Waals surface area contributed by atoms with Crippen molar-refractivity contribution in [1.29, 1.82) is 0 Å². The molecular formula is C38H37I3N14. The fraction of sp³-hybridized carbons (Fsp3) is 0.316. The monoisotopic (exact) mass is 1070 g/mol. The van der Waals surface area contributed by atoms with Crippen LogP contribution in [0.5, 0.6) is 0 Å². The minimum atomic E-state index is 0.369. The highest BCUT2D eigenvalue weighted by Crippen LogP contribution is 2.55. The van der Waals surface area contributed by atoms with Crippen LogP contribution in [0.3, 0.4) is 0 Å². The number of hydrogen-bond acceptors (Lipinski definition) is 10. The minimum Gasteiger partial charge on any atom is -0.307 e. The molecule has 2 saturated carbocycles. The Kier molecular flexibility index (Phi) is 10.7. The number of hydrogen-bond donors (Lipinski definition) is 0. The highest BCUT2D eigenvalue weighted by Gasteiger charge is 2.44. The molecule has 2 aliphatic rings. The number of fused-ring (bicyclic) bond motifs is 2. The molecule has 0 spiro atoms. The first-order valence-corrected chi connectivity index (χ1v) is 25.2. The number of nitrogens with zero attached hydrogens (tertiary/aromatic N) is 14. The Morgan fingerprint density at radius 3 is 1.62 bits per heavy atom. The van der Waals surface area contributed by atoms with Crippen molar-refractivity contribution in [3.63, 3.8) is 0 Å².